The molecule has 7 saturated heterocycles. The molecule has 36 atom stereocenters. The van der Waals surface area contributed by atoms with Crippen molar-refractivity contribution in [2.24, 2.45) is 52.3 Å². The van der Waals surface area contributed by atoms with Gasteiger partial charge in [-0.15, -0.1) is 0 Å². The normalized spacial score (nSPS) is 57.9. The number of aliphatic hydroxyl groups excluding tert-OH is 14. The zero-order valence-electron chi connectivity index (χ0n) is 47.3. The third-order valence-corrected chi connectivity index (χ3v) is 22.1. The van der Waals surface area contributed by atoms with Crippen LogP contribution in [0, 0.1) is 52.3 Å². The van der Waals surface area contributed by atoms with E-state index in [0.29, 0.717) is 54.3 Å². The zero-order valence-corrected chi connectivity index (χ0v) is 47.3. The molecule has 0 aromatic carbocycles. The molecule has 26 heteroatoms. The van der Waals surface area contributed by atoms with Crippen molar-refractivity contribution in [1.29, 1.82) is 0 Å². The molecule has 0 unspecified atom stereocenters. The quantitative estimate of drug-likeness (QED) is 0.0799. The average molecular weight is 1180 g/mol. The van der Waals surface area contributed by atoms with Gasteiger partial charge in [-0.2, -0.15) is 0 Å². The molecule has 26 nitrogen and oxygen atoms in total. The third-order valence-electron chi connectivity index (χ3n) is 22.1. The predicted octanol–water partition coefficient (Wildman–Crippen LogP) is -3.42. The largest absolute Gasteiger partial charge is 0.394 e. The van der Waals surface area contributed by atoms with E-state index in [4.69, 9.17) is 56.8 Å². The lowest BCUT2D eigenvalue weighted by Gasteiger charge is -2.61. The fourth-order valence-electron chi connectivity index (χ4n) is 17.3. The Morgan fingerprint density at radius 1 is 0.463 bits per heavy atom. The summed E-state index contributed by atoms with van der Waals surface area (Å²) in [6.45, 7) is 8.58. The minimum Gasteiger partial charge on any atom is -0.394 e. The highest BCUT2D eigenvalue weighted by Crippen LogP contribution is 2.71. The summed E-state index contributed by atoms with van der Waals surface area (Å²) in [6, 6.07) is 0. The summed E-state index contributed by atoms with van der Waals surface area (Å²) in [5, 5.41) is 153. The van der Waals surface area contributed by atoms with E-state index in [0.717, 1.165) is 58.0 Å². The van der Waals surface area contributed by atoms with Gasteiger partial charge in [0.1, 0.15) is 110 Å². The fourth-order valence-corrected chi connectivity index (χ4v) is 17.3. The van der Waals surface area contributed by atoms with Gasteiger partial charge in [0.2, 0.25) is 0 Å². The highest BCUT2D eigenvalue weighted by molar-refractivity contribution is 5.16. The number of hydrogen-bond acceptors (Lipinski definition) is 26. The molecule has 11 fully saturated rings. The minimum absolute atomic E-state index is 0.0631. The van der Waals surface area contributed by atoms with Crippen LogP contribution in [0.1, 0.15) is 98.8 Å². The summed E-state index contributed by atoms with van der Waals surface area (Å²) >= 11 is 0. The summed E-state index contributed by atoms with van der Waals surface area (Å²) in [6.07, 6.45) is -32.0. The summed E-state index contributed by atoms with van der Waals surface area (Å²) < 4.78 is 73.5. The van der Waals surface area contributed by atoms with E-state index in [2.05, 4.69) is 27.7 Å². The molecule has 0 aromatic rings. The summed E-state index contributed by atoms with van der Waals surface area (Å²) in [5.41, 5.74) is 0.243. The van der Waals surface area contributed by atoms with Crippen LogP contribution in [0.2, 0.25) is 0 Å². The van der Waals surface area contributed by atoms with Crippen molar-refractivity contribution in [2.45, 2.75) is 264 Å². The highest BCUT2D eigenvalue weighted by Gasteiger charge is 2.69. The van der Waals surface area contributed by atoms with E-state index >= 15 is 0 Å². The molecule has 4 aliphatic carbocycles. The van der Waals surface area contributed by atoms with Crippen molar-refractivity contribution in [2.75, 3.05) is 33.0 Å². The molecule has 472 valence electrons. The van der Waals surface area contributed by atoms with Gasteiger partial charge in [-0.25, -0.2) is 0 Å². The molecule has 0 aromatic heterocycles. The van der Waals surface area contributed by atoms with E-state index < -0.39 is 180 Å². The predicted molar refractivity (Wildman–Crippen MR) is 273 cm³/mol. The second-order valence-electron chi connectivity index (χ2n) is 26.7. The molecule has 0 radical (unpaired) electrons. The van der Waals surface area contributed by atoms with Gasteiger partial charge in [-0.3, -0.25) is 0 Å². The second-order valence-corrected chi connectivity index (χ2v) is 26.7. The molecule has 4 saturated carbocycles. The van der Waals surface area contributed by atoms with Crippen molar-refractivity contribution >= 4 is 0 Å². The Morgan fingerprint density at radius 3 is 1.76 bits per heavy atom. The van der Waals surface area contributed by atoms with Crippen LogP contribution >= 0.6 is 0 Å². The van der Waals surface area contributed by atoms with Crippen molar-refractivity contribution in [3.05, 3.63) is 0 Å². The maximum Gasteiger partial charge on any atom is 0.187 e. The second kappa shape index (κ2) is 24.4. The molecule has 7 heterocycles. The van der Waals surface area contributed by atoms with Crippen LogP contribution in [0.25, 0.3) is 0 Å². The van der Waals surface area contributed by atoms with Gasteiger partial charge in [0.05, 0.1) is 51.3 Å². The molecular formula is C56H92O26. The molecule has 7 aliphatic heterocycles. The molecular weight excluding hydrogens is 1090 g/mol. The van der Waals surface area contributed by atoms with Crippen LogP contribution in [-0.2, 0) is 56.8 Å². The molecule has 14 N–H and O–H groups in total. The van der Waals surface area contributed by atoms with Gasteiger partial charge >= 0.3 is 0 Å². The van der Waals surface area contributed by atoms with Crippen LogP contribution in [0.15, 0.2) is 0 Å². The van der Waals surface area contributed by atoms with Crippen molar-refractivity contribution in [3.8, 4) is 0 Å². The van der Waals surface area contributed by atoms with E-state index in [-0.39, 0.29) is 23.0 Å². The van der Waals surface area contributed by atoms with Crippen LogP contribution in [0.5, 0.6) is 0 Å². The maximum absolute atomic E-state index is 12.0. The van der Waals surface area contributed by atoms with Crippen LogP contribution in [0.4, 0.5) is 0 Å². The number of hydrogen-bond donors (Lipinski definition) is 14. The average Bonchev–Trinajstić information content (AvgIpc) is 1.57. The highest BCUT2D eigenvalue weighted by atomic mass is 16.8. The van der Waals surface area contributed by atoms with Gasteiger partial charge in [0, 0.05) is 12.3 Å². The van der Waals surface area contributed by atoms with E-state index in [1.165, 1.54) is 6.92 Å². The summed E-state index contributed by atoms with van der Waals surface area (Å²) in [7, 11) is 0. The molecule has 82 heavy (non-hydrogen) atoms. The van der Waals surface area contributed by atoms with Gasteiger partial charge in [0.25, 0.3) is 0 Å². The first-order chi connectivity index (χ1) is 39.0. The molecule has 11 aliphatic rings. The first-order valence-corrected chi connectivity index (χ1v) is 30.1. The number of rotatable bonds is 13. The molecule has 1 spiro atoms. The van der Waals surface area contributed by atoms with Crippen LogP contribution in [-0.4, -0.2) is 270 Å². The number of ether oxygens (including phenoxy) is 12. The third kappa shape index (κ3) is 10.9. The van der Waals surface area contributed by atoms with Gasteiger partial charge in [-0.05, 0) is 111 Å². The lowest BCUT2D eigenvalue weighted by atomic mass is 9.44. The lowest BCUT2D eigenvalue weighted by Crippen LogP contribution is -2.68. The van der Waals surface area contributed by atoms with Gasteiger partial charge < -0.3 is 128 Å². The zero-order chi connectivity index (χ0) is 58.6. The van der Waals surface area contributed by atoms with Crippen molar-refractivity contribution in [1.82, 2.24) is 0 Å². The first-order valence-electron chi connectivity index (χ1n) is 30.1. The summed E-state index contributed by atoms with van der Waals surface area (Å²) in [4.78, 5) is 0. The smallest absolute Gasteiger partial charge is 0.187 e. The Morgan fingerprint density at radius 2 is 1.06 bits per heavy atom. The SMILES string of the molecule is C[C@@H]1CC[C@@]2(OC1)O[C@@H]1C[C@H]3[C@@H]4CC[C@H]5C[C@H](O[C@H]6O[C@@H](CO)[C@H](O[C@H]7O[C@@H](CO)[C@H](O)[C@@H](O[C@H]8O[C@@H](CO)[C@H](O)[C@@H](O)[C@@H]8O)[C@@H]7O[C@H]7OC[C@H](O[C@H]8O[C@@H](C)[C@H](O)[C@@H](O)[C@@H]8O)[C@@H](O)[C@@H]7O)[C@@H](O)[C@@H]6O)CC[C@@]5(C)[C@H]4CC[C@@]3(C)[C@@H]1[C@H]2C. The van der Waals surface area contributed by atoms with Crippen LogP contribution < -0.4 is 0 Å². The Labute approximate surface area is 476 Å². The standard InChI is InChI=1S/C56H92O26/c1-21-8-13-56(72-19-21)22(2)34-29(82-56)15-28-26-7-6-24-14-25(9-11-54(24,4)27(26)10-12-55(28,34)5)74-51-45(70)41(66)46(32(18-59)77-51)79-53-48(47(38(63)31(17-58)76-53)80-52-44(69)40(65)36(61)30(16-57)75-52)81-49-42(67)37(62)33(20-71-49)78-50-43(68)39(64)35(60)23(3)73-50/h21-53,57-70H,6-20H2,1-5H3/t21-,22-,23+,24+,25-,26-,27+,28+,29-,30+,31+,32+,33+,34-,35+,36+,37-,38+,39-,40-,41+,42+,43+,44+,45+,46+,47-,48+,49-,50-,51+,52-,53-,54-,55-,56-/m1/s1. The molecule has 0 amide bonds. The fraction of sp³-hybridized carbons (Fsp3) is 1.00. The topological polar surface area (TPSA) is 394 Å². The summed E-state index contributed by atoms with van der Waals surface area (Å²) in [5.74, 6) is 2.90. The van der Waals surface area contributed by atoms with Gasteiger partial charge in [-0.1, -0.05) is 27.7 Å². The number of aliphatic hydroxyl groups is 14. The van der Waals surface area contributed by atoms with E-state index in [9.17, 15) is 71.5 Å². The van der Waals surface area contributed by atoms with Crippen molar-refractivity contribution < 1.29 is 128 Å². The Kier molecular flexibility index (Phi) is 18.6. The minimum atomic E-state index is -2.05. The van der Waals surface area contributed by atoms with Crippen LogP contribution in [0.3, 0.4) is 0 Å². The molecule has 0 bridgehead atoms. The van der Waals surface area contributed by atoms with Crippen molar-refractivity contribution in [3.63, 3.8) is 0 Å². The lowest BCUT2D eigenvalue weighted by molar-refractivity contribution is -0.405. The van der Waals surface area contributed by atoms with Gasteiger partial charge in [0.15, 0.2) is 37.2 Å². The Balaban J connectivity index is 0.767. The maximum atomic E-state index is 12.0. The number of fused-ring (bicyclic) bond motifs is 7. The Hall–Kier alpha value is -1.04. The van der Waals surface area contributed by atoms with E-state index in [1.807, 2.05) is 0 Å². The van der Waals surface area contributed by atoms with E-state index in [1.54, 1.807) is 0 Å². The first kappa shape index (κ1) is 62.6. The molecule has 11 rings (SSSR count). The Bertz CT molecular complexity index is 2120. The monoisotopic (exact) mass is 1180 g/mol.